The van der Waals surface area contributed by atoms with E-state index in [9.17, 15) is 9.59 Å². The number of nitrogens with two attached hydrogens (primary N) is 1. The molecule has 3 N–H and O–H groups in total. The number of piperidine rings is 1. The van der Waals surface area contributed by atoms with Crippen LogP contribution in [-0.2, 0) is 4.74 Å². The standard InChI is InChI=1S/C23H30N4O4/c1-23(2,3)31-22(29)27-9-6-15(7-10-27)16-5-8-25-20(14-16)17-11-18(21(28)26-24)13-19(12-17)30-4/h5,8,11-15H,6-7,9-10,24H2,1-4H3,(H,26,28). The number of rotatable bonds is 4. The van der Waals surface area contributed by atoms with E-state index in [-0.39, 0.29) is 6.09 Å². The number of carbonyl (C=O) groups excluding carboxylic acids is 2. The minimum absolute atomic E-state index is 0.261. The van der Waals surface area contributed by atoms with Gasteiger partial charge in [-0.25, -0.2) is 10.6 Å². The number of benzene rings is 1. The van der Waals surface area contributed by atoms with Gasteiger partial charge in [0.25, 0.3) is 5.91 Å². The Morgan fingerprint density at radius 3 is 2.48 bits per heavy atom. The minimum Gasteiger partial charge on any atom is -0.497 e. The van der Waals surface area contributed by atoms with Gasteiger partial charge < -0.3 is 14.4 Å². The maximum absolute atomic E-state index is 12.3. The van der Waals surface area contributed by atoms with Gasteiger partial charge in [0.2, 0.25) is 0 Å². The fourth-order valence-electron chi connectivity index (χ4n) is 3.66. The Hall–Kier alpha value is -3.13. The van der Waals surface area contributed by atoms with E-state index in [2.05, 4.69) is 10.4 Å². The molecule has 1 saturated heterocycles. The van der Waals surface area contributed by atoms with Crippen LogP contribution < -0.4 is 16.0 Å². The van der Waals surface area contributed by atoms with E-state index < -0.39 is 11.5 Å². The van der Waals surface area contributed by atoms with Crippen LogP contribution in [0.1, 0.15) is 55.5 Å². The number of pyridine rings is 1. The summed E-state index contributed by atoms with van der Waals surface area (Å²) in [6.07, 6.45) is 3.21. The van der Waals surface area contributed by atoms with Crippen LogP contribution in [0.15, 0.2) is 36.5 Å². The third-order valence-corrected chi connectivity index (χ3v) is 5.23. The summed E-state index contributed by atoms with van der Waals surface area (Å²) in [5.41, 5.74) is 4.72. The maximum Gasteiger partial charge on any atom is 0.410 e. The molecule has 0 saturated carbocycles. The van der Waals surface area contributed by atoms with Gasteiger partial charge in [-0.2, -0.15) is 0 Å². The van der Waals surface area contributed by atoms with Crippen molar-refractivity contribution in [3.05, 3.63) is 47.7 Å². The molecule has 8 heteroatoms. The molecule has 0 bridgehead atoms. The summed E-state index contributed by atoms with van der Waals surface area (Å²) >= 11 is 0. The minimum atomic E-state index is -0.496. The Bertz CT molecular complexity index is 947. The van der Waals surface area contributed by atoms with E-state index in [0.717, 1.165) is 29.7 Å². The SMILES string of the molecule is COc1cc(C(=O)NN)cc(-c2cc(C3CCN(C(=O)OC(C)(C)C)CC3)ccn2)c1. The van der Waals surface area contributed by atoms with Crippen molar-refractivity contribution < 1.29 is 19.1 Å². The van der Waals surface area contributed by atoms with Crippen LogP contribution in [0.2, 0.25) is 0 Å². The first-order valence-corrected chi connectivity index (χ1v) is 10.3. The number of nitrogens with one attached hydrogen (secondary N) is 1. The third-order valence-electron chi connectivity index (χ3n) is 5.23. The monoisotopic (exact) mass is 426 g/mol. The van der Waals surface area contributed by atoms with Crippen LogP contribution in [0.25, 0.3) is 11.3 Å². The first kappa shape index (κ1) is 22.6. The summed E-state index contributed by atoms with van der Waals surface area (Å²) in [6, 6.07) is 9.24. The van der Waals surface area contributed by atoms with Crippen LogP contribution in [0, 0.1) is 0 Å². The second kappa shape index (κ2) is 9.34. The van der Waals surface area contributed by atoms with Gasteiger partial charge in [-0.05, 0) is 75.4 Å². The van der Waals surface area contributed by atoms with Crippen molar-refractivity contribution in [1.82, 2.24) is 15.3 Å². The number of nitrogens with zero attached hydrogens (tertiary/aromatic N) is 2. The van der Waals surface area contributed by atoms with Gasteiger partial charge in [-0.15, -0.1) is 0 Å². The van der Waals surface area contributed by atoms with Crippen LogP contribution in [0.5, 0.6) is 5.75 Å². The van der Waals surface area contributed by atoms with E-state index >= 15 is 0 Å². The topological polar surface area (TPSA) is 107 Å². The van der Waals surface area contributed by atoms with Crippen LogP contribution in [-0.4, -0.2) is 47.7 Å². The first-order chi connectivity index (χ1) is 14.7. The van der Waals surface area contributed by atoms with Gasteiger partial charge >= 0.3 is 6.09 Å². The molecule has 2 amide bonds. The zero-order valence-electron chi connectivity index (χ0n) is 18.5. The highest BCUT2D eigenvalue weighted by atomic mass is 16.6. The molecule has 3 rings (SSSR count). The van der Waals surface area contributed by atoms with Gasteiger partial charge in [-0.3, -0.25) is 15.2 Å². The Kier molecular flexibility index (Phi) is 6.80. The molecule has 0 radical (unpaired) electrons. The molecule has 2 heterocycles. The smallest absolute Gasteiger partial charge is 0.410 e. The fourth-order valence-corrected chi connectivity index (χ4v) is 3.66. The van der Waals surface area contributed by atoms with E-state index in [1.807, 2.05) is 39.0 Å². The normalized spacial score (nSPS) is 14.8. The number of nitrogen functional groups attached to an aromatic ring is 1. The lowest BCUT2D eigenvalue weighted by Gasteiger charge is -2.33. The van der Waals surface area contributed by atoms with E-state index in [0.29, 0.717) is 30.3 Å². The highest BCUT2D eigenvalue weighted by Gasteiger charge is 2.27. The molecule has 1 fully saturated rings. The zero-order chi connectivity index (χ0) is 22.6. The number of aromatic nitrogens is 1. The number of hydrogen-bond acceptors (Lipinski definition) is 6. The summed E-state index contributed by atoms with van der Waals surface area (Å²) in [5, 5.41) is 0. The van der Waals surface area contributed by atoms with Crippen molar-refractivity contribution in [2.45, 2.75) is 45.1 Å². The number of hydrazine groups is 1. The van der Waals surface area contributed by atoms with Gasteiger partial charge in [0, 0.05) is 30.4 Å². The molecule has 0 aliphatic carbocycles. The predicted molar refractivity (Wildman–Crippen MR) is 118 cm³/mol. The molecule has 1 aromatic carbocycles. The molecule has 0 unspecified atom stereocenters. The van der Waals surface area contributed by atoms with Crippen molar-refractivity contribution in [2.24, 2.45) is 5.84 Å². The molecular weight excluding hydrogens is 396 g/mol. The lowest BCUT2D eigenvalue weighted by Crippen LogP contribution is -2.41. The van der Waals surface area contributed by atoms with Crippen molar-refractivity contribution in [2.75, 3.05) is 20.2 Å². The Morgan fingerprint density at radius 2 is 1.87 bits per heavy atom. The molecule has 1 aromatic heterocycles. The summed E-state index contributed by atoms with van der Waals surface area (Å²) in [5.74, 6) is 5.75. The maximum atomic E-state index is 12.3. The van der Waals surface area contributed by atoms with Gasteiger partial charge in [0.05, 0.1) is 12.8 Å². The number of likely N-dealkylation sites (tertiary alicyclic amines) is 1. The third kappa shape index (κ3) is 5.73. The average molecular weight is 427 g/mol. The first-order valence-electron chi connectivity index (χ1n) is 10.3. The summed E-state index contributed by atoms with van der Waals surface area (Å²) in [7, 11) is 1.55. The lowest BCUT2D eigenvalue weighted by atomic mass is 9.89. The molecule has 2 aromatic rings. The van der Waals surface area contributed by atoms with E-state index in [1.165, 1.54) is 0 Å². The molecule has 31 heavy (non-hydrogen) atoms. The van der Waals surface area contributed by atoms with Crippen LogP contribution in [0.3, 0.4) is 0 Å². The Morgan fingerprint density at radius 1 is 1.16 bits per heavy atom. The van der Waals surface area contributed by atoms with Crippen molar-refractivity contribution in [3.63, 3.8) is 0 Å². The number of carbonyl (C=O) groups is 2. The van der Waals surface area contributed by atoms with Gasteiger partial charge in [0.15, 0.2) is 0 Å². The highest BCUT2D eigenvalue weighted by molar-refractivity contribution is 5.95. The van der Waals surface area contributed by atoms with Gasteiger partial charge in [0.1, 0.15) is 11.4 Å². The number of ether oxygens (including phenoxy) is 2. The molecule has 0 spiro atoms. The fraction of sp³-hybridized carbons (Fsp3) is 0.435. The second-order valence-electron chi connectivity index (χ2n) is 8.64. The second-order valence-corrected chi connectivity index (χ2v) is 8.64. The Balaban J connectivity index is 1.76. The molecule has 1 aliphatic rings. The van der Waals surface area contributed by atoms with Crippen molar-refractivity contribution >= 4 is 12.0 Å². The van der Waals surface area contributed by atoms with E-state index in [1.54, 1.807) is 30.3 Å². The average Bonchev–Trinajstić information content (AvgIpc) is 2.77. The zero-order valence-corrected chi connectivity index (χ0v) is 18.5. The largest absolute Gasteiger partial charge is 0.497 e. The molecule has 0 atom stereocenters. The van der Waals surface area contributed by atoms with Crippen molar-refractivity contribution in [3.8, 4) is 17.0 Å². The van der Waals surface area contributed by atoms with E-state index in [4.69, 9.17) is 15.3 Å². The number of amides is 2. The molecule has 166 valence electrons. The van der Waals surface area contributed by atoms with Crippen LogP contribution >= 0.6 is 0 Å². The molecule has 1 aliphatic heterocycles. The van der Waals surface area contributed by atoms with Crippen LogP contribution in [0.4, 0.5) is 4.79 Å². The summed E-state index contributed by atoms with van der Waals surface area (Å²) in [4.78, 5) is 30.6. The summed E-state index contributed by atoms with van der Waals surface area (Å²) < 4.78 is 10.8. The number of methoxy groups -OCH3 is 1. The predicted octanol–water partition coefficient (Wildman–Crippen LogP) is 3.48. The highest BCUT2D eigenvalue weighted by Crippen LogP contribution is 2.32. The van der Waals surface area contributed by atoms with Crippen molar-refractivity contribution in [1.29, 1.82) is 0 Å². The molecular formula is C23H30N4O4. The van der Waals surface area contributed by atoms with Gasteiger partial charge in [-0.1, -0.05) is 0 Å². The lowest BCUT2D eigenvalue weighted by molar-refractivity contribution is 0.0204. The molecule has 8 nitrogen and oxygen atoms in total. The Labute approximate surface area is 182 Å². The summed E-state index contributed by atoms with van der Waals surface area (Å²) in [6.45, 7) is 6.92. The number of hydrogen-bond donors (Lipinski definition) is 2. The quantitative estimate of drug-likeness (QED) is 0.440.